The number of hydrogen-bond donors (Lipinski definition) is 1. The first-order chi connectivity index (χ1) is 13.8. The molecule has 0 spiro atoms. The highest BCUT2D eigenvalue weighted by atomic mass is 19.1. The van der Waals surface area contributed by atoms with E-state index in [0.29, 0.717) is 11.6 Å². The van der Waals surface area contributed by atoms with Crippen LogP contribution in [0.1, 0.15) is 33.4 Å². The number of rotatable bonds is 3. The van der Waals surface area contributed by atoms with Crippen LogP contribution in [0.15, 0.2) is 24.3 Å². The fourth-order valence-electron chi connectivity index (χ4n) is 3.59. The molecule has 1 unspecified atom stereocenters. The number of aliphatic carboxylic acids is 1. The van der Waals surface area contributed by atoms with E-state index in [2.05, 4.69) is 15.3 Å². The van der Waals surface area contributed by atoms with Crippen molar-refractivity contribution in [3.8, 4) is 5.69 Å². The van der Waals surface area contributed by atoms with Gasteiger partial charge in [-0.05, 0) is 45.0 Å². The van der Waals surface area contributed by atoms with Crippen molar-refractivity contribution in [1.29, 1.82) is 0 Å². The summed E-state index contributed by atoms with van der Waals surface area (Å²) in [5.41, 5.74) is 1.79. The van der Waals surface area contributed by atoms with Crippen LogP contribution < -0.4 is 0 Å². The molecule has 3 heterocycles. The summed E-state index contributed by atoms with van der Waals surface area (Å²) < 4.78 is 17.9. The van der Waals surface area contributed by atoms with E-state index in [9.17, 15) is 19.1 Å². The highest BCUT2D eigenvalue weighted by Crippen LogP contribution is 2.23. The lowest BCUT2D eigenvalue weighted by Gasteiger charge is -2.33. The van der Waals surface area contributed by atoms with Gasteiger partial charge in [0.2, 0.25) is 0 Å². The van der Waals surface area contributed by atoms with Crippen molar-refractivity contribution in [2.45, 2.75) is 39.9 Å². The molecule has 2 aromatic heterocycles. The van der Waals surface area contributed by atoms with E-state index in [1.165, 1.54) is 21.7 Å². The minimum atomic E-state index is -1.14. The summed E-state index contributed by atoms with van der Waals surface area (Å²) >= 11 is 0. The number of carboxylic acid groups (broad SMARTS) is 1. The summed E-state index contributed by atoms with van der Waals surface area (Å²) in [4.78, 5) is 26.0. The number of benzene rings is 1. The minimum Gasteiger partial charge on any atom is -0.480 e. The topological polar surface area (TPSA) is 106 Å². The van der Waals surface area contributed by atoms with Crippen LogP contribution in [0.2, 0.25) is 0 Å². The second-order valence-corrected chi connectivity index (χ2v) is 7.07. The molecule has 4 rings (SSSR count). The van der Waals surface area contributed by atoms with Crippen LogP contribution >= 0.6 is 0 Å². The molecule has 0 saturated heterocycles. The summed E-state index contributed by atoms with van der Waals surface area (Å²) in [7, 11) is 0. The van der Waals surface area contributed by atoms with Crippen molar-refractivity contribution < 1.29 is 19.1 Å². The summed E-state index contributed by atoms with van der Waals surface area (Å²) in [6, 6.07) is 4.78. The van der Waals surface area contributed by atoms with Gasteiger partial charge in [0.1, 0.15) is 23.4 Å². The maximum Gasteiger partial charge on any atom is 0.328 e. The van der Waals surface area contributed by atoms with Crippen molar-refractivity contribution >= 4 is 11.9 Å². The van der Waals surface area contributed by atoms with Gasteiger partial charge in [-0.2, -0.15) is 5.10 Å². The van der Waals surface area contributed by atoms with Crippen LogP contribution in [0.25, 0.3) is 5.69 Å². The number of fused-ring (bicyclic) bond motifs is 1. The molecule has 0 fully saturated rings. The van der Waals surface area contributed by atoms with E-state index in [-0.39, 0.29) is 24.3 Å². The van der Waals surface area contributed by atoms with Gasteiger partial charge in [-0.25, -0.2) is 13.9 Å². The first-order valence-electron chi connectivity index (χ1n) is 9.02. The van der Waals surface area contributed by atoms with Gasteiger partial charge in [0, 0.05) is 11.3 Å². The van der Waals surface area contributed by atoms with Crippen LogP contribution in [0.3, 0.4) is 0 Å². The Morgan fingerprint density at radius 1 is 1.17 bits per heavy atom. The lowest BCUT2D eigenvalue weighted by atomic mass is 10.1. The fourth-order valence-corrected chi connectivity index (χ4v) is 3.59. The van der Waals surface area contributed by atoms with E-state index in [4.69, 9.17) is 0 Å². The second-order valence-electron chi connectivity index (χ2n) is 7.07. The number of amides is 1. The molecular weight excluding hydrogens is 379 g/mol. The monoisotopic (exact) mass is 398 g/mol. The normalized spacial score (nSPS) is 16.0. The molecule has 1 aliphatic heterocycles. The third-order valence-electron chi connectivity index (χ3n) is 5.03. The number of carboxylic acids is 1. The van der Waals surface area contributed by atoms with Gasteiger partial charge < -0.3 is 14.6 Å². The van der Waals surface area contributed by atoms with Crippen molar-refractivity contribution in [3.05, 3.63) is 58.7 Å². The number of carbonyl (C=O) groups is 2. The molecule has 1 N–H and O–H groups in total. The largest absolute Gasteiger partial charge is 0.480 e. The third-order valence-corrected chi connectivity index (χ3v) is 5.03. The van der Waals surface area contributed by atoms with Gasteiger partial charge in [0.15, 0.2) is 5.82 Å². The number of carbonyl (C=O) groups excluding carboxylic acids is 1. The van der Waals surface area contributed by atoms with E-state index in [1.54, 1.807) is 11.5 Å². The van der Waals surface area contributed by atoms with Crippen LogP contribution in [0.5, 0.6) is 0 Å². The van der Waals surface area contributed by atoms with Gasteiger partial charge >= 0.3 is 5.97 Å². The Morgan fingerprint density at radius 2 is 1.93 bits per heavy atom. The Kier molecular flexibility index (Phi) is 4.40. The lowest BCUT2D eigenvalue weighted by Crippen LogP contribution is -2.50. The zero-order valence-electron chi connectivity index (χ0n) is 16.1. The van der Waals surface area contributed by atoms with Gasteiger partial charge in [-0.15, -0.1) is 10.2 Å². The van der Waals surface area contributed by atoms with Crippen LogP contribution in [0.4, 0.5) is 4.39 Å². The number of hydrogen-bond acceptors (Lipinski definition) is 5. The third kappa shape index (κ3) is 3.16. The van der Waals surface area contributed by atoms with Gasteiger partial charge in [-0.1, -0.05) is 0 Å². The Balaban J connectivity index is 1.67. The highest BCUT2D eigenvalue weighted by Gasteiger charge is 2.37. The average Bonchev–Trinajstić information content (AvgIpc) is 3.21. The molecule has 1 atom stereocenters. The predicted molar refractivity (Wildman–Crippen MR) is 99.1 cm³/mol. The van der Waals surface area contributed by atoms with Gasteiger partial charge in [0.25, 0.3) is 5.91 Å². The van der Waals surface area contributed by atoms with Crippen molar-refractivity contribution in [3.63, 3.8) is 0 Å². The number of nitrogens with zero attached hydrogens (tertiary/aromatic N) is 6. The van der Waals surface area contributed by atoms with Crippen LogP contribution in [-0.2, 0) is 17.9 Å². The first kappa shape index (κ1) is 18.8. The fraction of sp³-hybridized carbons (Fsp3) is 0.316. The van der Waals surface area contributed by atoms with Crippen molar-refractivity contribution in [1.82, 2.24) is 29.4 Å². The number of aromatic nitrogens is 5. The smallest absolute Gasteiger partial charge is 0.328 e. The zero-order valence-corrected chi connectivity index (χ0v) is 16.1. The summed E-state index contributed by atoms with van der Waals surface area (Å²) in [6.45, 7) is 5.36. The number of aryl methyl sites for hydroxylation is 3. The quantitative estimate of drug-likeness (QED) is 0.719. The molecule has 9 nitrogen and oxygen atoms in total. The molecule has 1 aromatic carbocycles. The van der Waals surface area contributed by atoms with Gasteiger partial charge in [0.05, 0.1) is 18.8 Å². The molecule has 1 amide bonds. The Bertz CT molecular complexity index is 1140. The van der Waals surface area contributed by atoms with Crippen molar-refractivity contribution in [2.24, 2.45) is 0 Å². The van der Waals surface area contributed by atoms with Crippen LogP contribution in [0, 0.1) is 26.6 Å². The van der Waals surface area contributed by atoms with E-state index >= 15 is 0 Å². The minimum absolute atomic E-state index is 0.0164. The lowest BCUT2D eigenvalue weighted by molar-refractivity contribution is -0.143. The molecule has 150 valence electrons. The molecule has 0 bridgehead atoms. The maximum atomic E-state index is 14.8. The van der Waals surface area contributed by atoms with E-state index in [1.807, 2.05) is 19.9 Å². The molecule has 1 aliphatic rings. The Morgan fingerprint density at radius 3 is 2.55 bits per heavy atom. The second kappa shape index (κ2) is 6.80. The predicted octanol–water partition coefficient (Wildman–Crippen LogP) is 1.64. The molecule has 10 heteroatoms. The molecule has 3 aromatic rings. The first-order valence-corrected chi connectivity index (χ1v) is 9.02. The standard InChI is InChI=1S/C19H19FN6O3/c1-10-6-11(2)26(23-10)15-5-4-13(7-14(15)20)18(27)25-9-17-22-21-12(3)24(17)8-16(25)19(28)29/h4-7,16H,8-9H2,1-3H3,(H,28,29). The highest BCUT2D eigenvalue weighted by molar-refractivity contribution is 5.97. The summed E-state index contributed by atoms with van der Waals surface area (Å²) in [5.74, 6) is -1.27. The molecule has 0 saturated carbocycles. The molecule has 0 aliphatic carbocycles. The molecule has 29 heavy (non-hydrogen) atoms. The van der Waals surface area contributed by atoms with E-state index < -0.39 is 23.7 Å². The maximum absolute atomic E-state index is 14.8. The van der Waals surface area contributed by atoms with Crippen molar-refractivity contribution in [2.75, 3.05) is 0 Å². The summed E-state index contributed by atoms with van der Waals surface area (Å²) in [6.07, 6.45) is 0. The number of halogens is 1. The summed E-state index contributed by atoms with van der Waals surface area (Å²) in [5, 5.41) is 21.8. The molecule has 0 radical (unpaired) electrons. The van der Waals surface area contributed by atoms with E-state index in [0.717, 1.165) is 17.5 Å². The molecular formula is C19H19FN6O3. The van der Waals surface area contributed by atoms with Gasteiger partial charge in [-0.3, -0.25) is 4.79 Å². The Labute approximate surface area is 165 Å². The van der Waals surface area contributed by atoms with Crippen LogP contribution in [-0.4, -0.2) is 52.5 Å². The SMILES string of the molecule is Cc1cc(C)n(-c2ccc(C(=O)N3Cc4nnc(C)n4CC3C(=O)O)cc2F)n1. The zero-order chi connectivity index (χ0) is 20.9. The average molecular weight is 398 g/mol. The Hall–Kier alpha value is -3.56.